The van der Waals surface area contributed by atoms with E-state index < -0.39 is 0 Å². The summed E-state index contributed by atoms with van der Waals surface area (Å²) in [5, 5.41) is 16.3. The summed E-state index contributed by atoms with van der Waals surface area (Å²) >= 11 is 0. The van der Waals surface area contributed by atoms with E-state index in [-0.39, 0.29) is 6.04 Å². The van der Waals surface area contributed by atoms with Gasteiger partial charge in [-0.1, -0.05) is 146 Å². The third-order valence-corrected chi connectivity index (χ3v) is 11.0. The first-order valence-electron chi connectivity index (χ1n) is 18.2. The Hall–Kier alpha value is -6.97. The Balaban J connectivity index is 1.10. The average Bonchev–Trinajstić information content (AvgIpc) is 3.59. The number of benzene rings is 9. The number of hydrogen-bond donors (Lipinski definition) is 1. The molecule has 0 saturated carbocycles. The summed E-state index contributed by atoms with van der Waals surface area (Å²) in [6, 6.07) is 65.8. The molecule has 10 aromatic rings. The number of hydrogen-bond acceptors (Lipinski definition) is 2. The summed E-state index contributed by atoms with van der Waals surface area (Å²) in [7, 11) is 0. The predicted molar refractivity (Wildman–Crippen MR) is 224 cm³/mol. The van der Waals surface area contributed by atoms with Gasteiger partial charge in [-0.15, -0.1) is 0 Å². The molecule has 0 fully saturated rings. The third-order valence-electron chi connectivity index (χ3n) is 11.0. The van der Waals surface area contributed by atoms with Gasteiger partial charge in [-0.05, 0) is 91.1 Å². The Labute approximate surface area is 306 Å². The second-order valence-corrected chi connectivity index (χ2v) is 14.1. The topological polar surface area (TPSA) is 29.3 Å². The molecule has 248 valence electrons. The zero-order valence-electron chi connectivity index (χ0n) is 28.9. The van der Waals surface area contributed by atoms with Crippen LogP contribution in [-0.2, 0) is 0 Å². The van der Waals surface area contributed by atoms with Crippen LogP contribution in [0.5, 0.6) is 0 Å². The summed E-state index contributed by atoms with van der Waals surface area (Å²) in [5.41, 5.74) is 7.78. The monoisotopic (exact) mass is 675 g/mol. The summed E-state index contributed by atoms with van der Waals surface area (Å²) in [6.07, 6.45) is 2.27. The van der Waals surface area contributed by atoms with Crippen LogP contribution < -0.4 is 5.32 Å². The quantitative estimate of drug-likeness (QED) is 0.198. The fourth-order valence-electron chi connectivity index (χ4n) is 8.39. The standard InChI is InChI=1S/C50H33N3/c1-3-14-36-28-38(22-20-32(36)10-1)44-31-45(39-23-21-33-11-2-4-15-37(33)29-39)52-50(51-44)40-16-9-17-41(30-40)53-46-26-24-34-12-5-7-18-42(34)48(46)49-43-19-8-6-13-35(43)25-27-47(49)53/h1-31,44H,(H,51,52). The molecule has 1 unspecified atom stereocenters. The maximum Gasteiger partial charge on any atom is 0.134 e. The number of nitrogens with zero attached hydrogens (tertiary/aromatic N) is 2. The Morgan fingerprint density at radius 1 is 0.434 bits per heavy atom. The molecule has 0 amide bonds. The van der Waals surface area contributed by atoms with Crippen LogP contribution in [0, 0.1) is 0 Å². The van der Waals surface area contributed by atoms with E-state index in [4.69, 9.17) is 4.99 Å². The van der Waals surface area contributed by atoms with Gasteiger partial charge in [0.25, 0.3) is 0 Å². The van der Waals surface area contributed by atoms with Crippen molar-refractivity contribution in [3.63, 3.8) is 0 Å². The average molecular weight is 676 g/mol. The van der Waals surface area contributed by atoms with Crippen LogP contribution in [0.1, 0.15) is 22.7 Å². The molecule has 0 aliphatic carbocycles. The highest BCUT2D eigenvalue weighted by molar-refractivity contribution is 6.28. The normalized spacial score (nSPS) is 14.6. The van der Waals surface area contributed by atoms with Gasteiger partial charge in [0.1, 0.15) is 5.84 Å². The van der Waals surface area contributed by atoms with Gasteiger partial charge in [-0.3, -0.25) is 0 Å². The van der Waals surface area contributed by atoms with Crippen LogP contribution in [0.2, 0.25) is 0 Å². The van der Waals surface area contributed by atoms with Crippen LogP contribution in [0.25, 0.3) is 76.3 Å². The summed E-state index contributed by atoms with van der Waals surface area (Å²) in [6.45, 7) is 0. The van der Waals surface area contributed by atoms with Crippen molar-refractivity contribution >= 4 is 76.4 Å². The maximum absolute atomic E-state index is 5.35. The van der Waals surface area contributed by atoms with Crippen molar-refractivity contribution in [3.05, 3.63) is 205 Å². The lowest BCUT2D eigenvalue weighted by Gasteiger charge is -2.25. The Kier molecular flexibility index (Phi) is 6.62. The van der Waals surface area contributed by atoms with E-state index in [0.717, 1.165) is 28.3 Å². The SMILES string of the molecule is C1=C(c2ccc3ccccc3c2)N=C(c2cccc(-n3c4ccc5ccccc5c4c4c5ccccc5ccc43)c2)NC1c1ccc2ccccc2c1. The van der Waals surface area contributed by atoms with Crippen LogP contribution in [0.3, 0.4) is 0 Å². The summed E-state index contributed by atoms with van der Waals surface area (Å²) in [5.74, 6) is 0.854. The number of aromatic nitrogens is 1. The first-order valence-corrected chi connectivity index (χ1v) is 18.2. The molecule has 0 spiro atoms. The van der Waals surface area contributed by atoms with Crippen LogP contribution >= 0.6 is 0 Å². The van der Waals surface area contributed by atoms with Gasteiger partial charge in [-0.2, -0.15) is 0 Å². The minimum atomic E-state index is -0.0665. The first kappa shape index (κ1) is 29.7. The molecular weight excluding hydrogens is 643 g/mol. The molecular formula is C50H33N3. The fraction of sp³-hybridized carbons (Fsp3) is 0.0200. The highest BCUT2D eigenvalue weighted by Crippen LogP contribution is 2.41. The Morgan fingerprint density at radius 2 is 1.00 bits per heavy atom. The number of amidine groups is 1. The largest absolute Gasteiger partial charge is 0.359 e. The maximum atomic E-state index is 5.35. The van der Waals surface area contributed by atoms with Crippen molar-refractivity contribution in [2.75, 3.05) is 0 Å². The second kappa shape index (κ2) is 11.8. The first-order chi connectivity index (χ1) is 26.2. The number of rotatable bonds is 4. The van der Waals surface area contributed by atoms with Crippen LogP contribution in [-0.4, -0.2) is 10.4 Å². The van der Waals surface area contributed by atoms with E-state index >= 15 is 0 Å². The number of nitrogens with one attached hydrogen (secondary N) is 1. The molecule has 1 N–H and O–H groups in total. The van der Waals surface area contributed by atoms with Gasteiger partial charge in [-0.25, -0.2) is 4.99 Å². The Morgan fingerprint density at radius 3 is 1.68 bits per heavy atom. The molecule has 1 aliphatic heterocycles. The molecule has 2 heterocycles. The van der Waals surface area contributed by atoms with Crippen LogP contribution in [0.15, 0.2) is 193 Å². The molecule has 53 heavy (non-hydrogen) atoms. The zero-order valence-corrected chi connectivity index (χ0v) is 28.9. The van der Waals surface area contributed by atoms with Crippen molar-refractivity contribution in [1.82, 2.24) is 9.88 Å². The van der Waals surface area contributed by atoms with Crippen molar-refractivity contribution in [3.8, 4) is 5.69 Å². The van der Waals surface area contributed by atoms with Gasteiger partial charge >= 0.3 is 0 Å². The summed E-state index contributed by atoms with van der Waals surface area (Å²) in [4.78, 5) is 5.35. The zero-order chi connectivity index (χ0) is 34.9. The lowest BCUT2D eigenvalue weighted by Crippen LogP contribution is -2.31. The molecule has 0 bridgehead atoms. The van der Waals surface area contributed by atoms with Gasteiger partial charge in [0, 0.05) is 27.6 Å². The molecule has 9 aromatic carbocycles. The van der Waals surface area contributed by atoms with Gasteiger partial charge in [0.2, 0.25) is 0 Å². The third kappa shape index (κ3) is 4.86. The Bertz CT molecular complexity index is 3070. The molecule has 0 saturated heterocycles. The molecule has 1 atom stereocenters. The summed E-state index contributed by atoms with van der Waals surface area (Å²) < 4.78 is 2.43. The van der Waals surface area contributed by atoms with E-state index in [0.29, 0.717) is 0 Å². The lowest BCUT2D eigenvalue weighted by atomic mass is 9.97. The lowest BCUT2D eigenvalue weighted by molar-refractivity contribution is 0.782. The minimum absolute atomic E-state index is 0.0665. The molecule has 11 rings (SSSR count). The van der Waals surface area contributed by atoms with Gasteiger partial charge < -0.3 is 9.88 Å². The van der Waals surface area contributed by atoms with E-state index in [1.807, 2.05) is 0 Å². The molecule has 1 aliphatic rings. The van der Waals surface area contributed by atoms with E-state index in [1.165, 1.54) is 70.5 Å². The molecule has 0 radical (unpaired) electrons. The number of aliphatic imine (C=N–C) groups is 1. The smallest absolute Gasteiger partial charge is 0.134 e. The highest BCUT2D eigenvalue weighted by Gasteiger charge is 2.22. The van der Waals surface area contributed by atoms with Gasteiger partial charge in [0.15, 0.2) is 0 Å². The van der Waals surface area contributed by atoms with E-state index in [1.54, 1.807) is 0 Å². The van der Waals surface area contributed by atoms with Crippen molar-refractivity contribution < 1.29 is 0 Å². The molecule has 1 aromatic heterocycles. The highest BCUT2D eigenvalue weighted by atomic mass is 15.1. The van der Waals surface area contributed by atoms with Crippen molar-refractivity contribution in [2.24, 2.45) is 4.99 Å². The fourth-order valence-corrected chi connectivity index (χ4v) is 8.39. The van der Waals surface area contributed by atoms with E-state index in [9.17, 15) is 0 Å². The van der Waals surface area contributed by atoms with Crippen molar-refractivity contribution in [2.45, 2.75) is 6.04 Å². The predicted octanol–water partition coefficient (Wildman–Crippen LogP) is 12.5. The van der Waals surface area contributed by atoms with Crippen LogP contribution in [0.4, 0.5) is 0 Å². The molecule has 3 nitrogen and oxygen atoms in total. The van der Waals surface area contributed by atoms with Crippen molar-refractivity contribution in [1.29, 1.82) is 0 Å². The number of fused-ring (bicyclic) bond motifs is 9. The minimum Gasteiger partial charge on any atom is -0.359 e. The molecule has 3 heteroatoms. The van der Waals surface area contributed by atoms with Gasteiger partial charge in [0.05, 0.1) is 22.8 Å². The second-order valence-electron chi connectivity index (χ2n) is 14.1. The van der Waals surface area contributed by atoms with E-state index in [2.05, 4.69) is 198 Å².